The van der Waals surface area contributed by atoms with Gasteiger partial charge >= 0.3 is 5.69 Å². The van der Waals surface area contributed by atoms with E-state index in [1.54, 1.807) is 6.07 Å². The molecule has 2 rings (SSSR count). The van der Waals surface area contributed by atoms with Crippen molar-refractivity contribution in [3.8, 4) is 0 Å². The summed E-state index contributed by atoms with van der Waals surface area (Å²) in [6.45, 7) is 0.571. The van der Waals surface area contributed by atoms with Crippen LogP contribution in [-0.2, 0) is 6.42 Å². The first kappa shape index (κ1) is 12.8. The van der Waals surface area contributed by atoms with Gasteiger partial charge < -0.3 is 11.1 Å². The Hall–Kier alpha value is -2.63. The van der Waals surface area contributed by atoms with Crippen LogP contribution in [0.25, 0.3) is 0 Å². The van der Waals surface area contributed by atoms with Gasteiger partial charge in [0.2, 0.25) is 5.82 Å². The van der Waals surface area contributed by atoms with Crippen molar-refractivity contribution in [3.05, 3.63) is 58.3 Å². The van der Waals surface area contributed by atoms with Gasteiger partial charge in [-0.3, -0.25) is 10.1 Å². The van der Waals surface area contributed by atoms with E-state index in [4.69, 9.17) is 5.73 Å². The van der Waals surface area contributed by atoms with Crippen LogP contribution < -0.4 is 11.1 Å². The first-order valence-electron chi connectivity index (χ1n) is 5.84. The molecule has 1 aromatic carbocycles. The van der Waals surface area contributed by atoms with E-state index in [9.17, 15) is 10.1 Å². The Balaban J connectivity index is 1.96. The first-order chi connectivity index (χ1) is 9.16. The van der Waals surface area contributed by atoms with Crippen LogP contribution in [-0.4, -0.2) is 16.5 Å². The van der Waals surface area contributed by atoms with E-state index in [1.165, 1.54) is 12.3 Å². The molecule has 1 heterocycles. The van der Waals surface area contributed by atoms with Gasteiger partial charge in [0.25, 0.3) is 0 Å². The number of anilines is 2. The Kier molecular flexibility index (Phi) is 3.92. The van der Waals surface area contributed by atoms with E-state index < -0.39 is 4.92 Å². The molecule has 6 heteroatoms. The van der Waals surface area contributed by atoms with Crippen LogP contribution in [0.3, 0.4) is 0 Å². The fraction of sp³-hybridized carbons (Fsp3) is 0.154. The number of nitro groups is 1. The molecule has 0 radical (unpaired) electrons. The number of nitrogens with one attached hydrogen (secondary N) is 1. The van der Waals surface area contributed by atoms with Crippen LogP contribution in [0.15, 0.2) is 42.6 Å². The average molecular weight is 258 g/mol. The molecule has 2 aromatic rings. The van der Waals surface area contributed by atoms with Crippen molar-refractivity contribution in [2.24, 2.45) is 0 Å². The number of nitrogens with zero attached hydrogens (tertiary/aromatic N) is 2. The zero-order valence-electron chi connectivity index (χ0n) is 10.2. The summed E-state index contributed by atoms with van der Waals surface area (Å²) in [4.78, 5) is 14.3. The van der Waals surface area contributed by atoms with Gasteiger partial charge in [0.1, 0.15) is 0 Å². The normalized spacial score (nSPS) is 10.1. The third-order valence-corrected chi connectivity index (χ3v) is 2.67. The molecular weight excluding hydrogens is 244 g/mol. The molecule has 0 atom stereocenters. The van der Waals surface area contributed by atoms with Crippen molar-refractivity contribution >= 4 is 17.2 Å². The Morgan fingerprint density at radius 3 is 2.68 bits per heavy atom. The number of pyridine rings is 1. The standard InChI is InChI=1S/C13H14N4O2/c14-11-5-3-10(4-6-11)7-9-16-13-12(17(18)19)2-1-8-15-13/h1-6,8H,7,9,14H2,(H,15,16). The fourth-order valence-electron chi connectivity index (χ4n) is 1.69. The molecule has 0 amide bonds. The summed E-state index contributed by atoms with van der Waals surface area (Å²) in [5.74, 6) is 0.294. The summed E-state index contributed by atoms with van der Waals surface area (Å²) in [6.07, 6.45) is 2.27. The minimum atomic E-state index is -0.446. The van der Waals surface area contributed by atoms with Gasteiger partial charge in [0.15, 0.2) is 0 Å². The molecule has 0 spiro atoms. The number of hydrogen-bond donors (Lipinski definition) is 2. The zero-order valence-corrected chi connectivity index (χ0v) is 10.2. The summed E-state index contributed by atoms with van der Waals surface area (Å²) in [5.41, 5.74) is 7.42. The van der Waals surface area contributed by atoms with Crippen molar-refractivity contribution < 1.29 is 4.92 Å². The second kappa shape index (κ2) is 5.81. The molecular formula is C13H14N4O2. The van der Waals surface area contributed by atoms with Crippen molar-refractivity contribution in [2.75, 3.05) is 17.6 Å². The first-order valence-corrected chi connectivity index (χ1v) is 5.84. The molecule has 19 heavy (non-hydrogen) atoms. The number of nitrogen functional groups attached to an aromatic ring is 1. The number of hydrogen-bond acceptors (Lipinski definition) is 5. The second-order valence-corrected chi connectivity index (χ2v) is 4.05. The Morgan fingerprint density at radius 2 is 2.00 bits per heavy atom. The van der Waals surface area contributed by atoms with Crippen molar-refractivity contribution in [3.63, 3.8) is 0 Å². The third-order valence-electron chi connectivity index (χ3n) is 2.67. The molecule has 6 nitrogen and oxygen atoms in total. The quantitative estimate of drug-likeness (QED) is 0.487. The smallest absolute Gasteiger partial charge is 0.311 e. The molecule has 0 aliphatic rings. The van der Waals surface area contributed by atoms with Crippen LogP contribution in [0.5, 0.6) is 0 Å². The maximum atomic E-state index is 10.8. The van der Waals surface area contributed by atoms with Crippen molar-refractivity contribution in [1.29, 1.82) is 0 Å². The monoisotopic (exact) mass is 258 g/mol. The van der Waals surface area contributed by atoms with E-state index in [0.717, 1.165) is 17.7 Å². The van der Waals surface area contributed by atoms with Crippen molar-refractivity contribution in [2.45, 2.75) is 6.42 Å². The lowest BCUT2D eigenvalue weighted by molar-refractivity contribution is -0.384. The van der Waals surface area contributed by atoms with E-state index in [0.29, 0.717) is 12.4 Å². The molecule has 0 bridgehead atoms. The SMILES string of the molecule is Nc1ccc(CCNc2ncccc2[N+](=O)[O-])cc1. The highest BCUT2D eigenvalue weighted by Crippen LogP contribution is 2.20. The van der Waals surface area contributed by atoms with Gasteiger partial charge in [0, 0.05) is 24.5 Å². The summed E-state index contributed by atoms with van der Waals surface area (Å²) >= 11 is 0. The summed E-state index contributed by atoms with van der Waals surface area (Å²) in [5, 5.41) is 13.8. The lowest BCUT2D eigenvalue weighted by Gasteiger charge is -2.06. The second-order valence-electron chi connectivity index (χ2n) is 4.05. The number of benzene rings is 1. The van der Waals surface area contributed by atoms with Crippen LogP contribution in [0.1, 0.15) is 5.56 Å². The van der Waals surface area contributed by atoms with E-state index in [1.807, 2.05) is 24.3 Å². The van der Waals surface area contributed by atoms with Gasteiger partial charge in [-0.15, -0.1) is 0 Å². The van der Waals surface area contributed by atoms with Gasteiger partial charge in [0.05, 0.1) is 4.92 Å². The highest BCUT2D eigenvalue weighted by molar-refractivity contribution is 5.55. The molecule has 0 unspecified atom stereocenters. The third kappa shape index (κ3) is 3.41. The van der Waals surface area contributed by atoms with E-state index in [-0.39, 0.29) is 5.69 Å². The molecule has 0 saturated heterocycles. The molecule has 0 saturated carbocycles. The molecule has 3 N–H and O–H groups in total. The Morgan fingerprint density at radius 1 is 1.26 bits per heavy atom. The Labute approximate surface area is 110 Å². The summed E-state index contributed by atoms with van der Waals surface area (Å²) < 4.78 is 0. The lowest BCUT2D eigenvalue weighted by atomic mass is 10.1. The predicted octanol–water partition coefficient (Wildman–Crippen LogP) is 2.23. The van der Waals surface area contributed by atoms with Gasteiger partial charge in [-0.1, -0.05) is 12.1 Å². The van der Waals surface area contributed by atoms with E-state index >= 15 is 0 Å². The predicted molar refractivity (Wildman–Crippen MR) is 73.9 cm³/mol. The summed E-state index contributed by atoms with van der Waals surface area (Å²) in [7, 11) is 0. The molecule has 0 fully saturated rings. The average Bonchev–Trinajstić information content (AvgIpc) is 2.41. The van der Waals surface area contributed by atoms with Crippen LogP contribution in [0.2, 0.25) is 0 Å². The minimum absolute atomic E-state index is 0.0141. The number of nitrogens with two attached hydrogens (primary N) is 1. The molecule has 98 valence electrons. The van der Waals surface area contributed by atoms with Gasteiger partial charge in [-0.2, -0.15) is 0 Å². The highest BCUT2D eigenvalue weighted by atomic mass is 16.6. The van der Waals surface area contributed by atoms with Crippen molar-refractivity contribution in [1.82, 2.24) is 4.98 Å². The molecule has 0 aliphatic carbocycles. The minimum Gasteiger partial charge on any atom is -0.399 e. The number of rotatable bonds is 5. The Bertz CT molecular complexity index is 569. The topological polar surface area (TPSA) is 94.1 Å². The summed E-state index contributed by atoms with van der Waals surface area (Å²) in [6, 6.07) is 10.5. The lowest BCUT2D eigenvalue weighted by Crippen LogP contribution is -2.08. The highest BCUT2D eigenvalue weighted by Gasteiger charge is 2.12. The number of aromatic nitrogens is 1. The van der Waals surface area contributed by atoms with Gasteiger partial charge in [-0.05, 0) is 30.2 Å². The largest absolute Gasteiger partial charge is 0.399 e. The van der Waals surface area contributed by atoms with Crippen LogP contribution >= 0.6 is 0 Å². The van der Waals surface area contributed by atoms with E-state index in [2.05, 4.69) is 10.3 Å². The zero-order chi connectivity index (χ0) is 13.7. The van der Waals surface area contributed by atoms with Crippen LogP contribution in [0.4, 0.5) is 17.2 Å². The fourth-order valence-corrected chi connectivity index (χ4v) is 1.69. The maximum absolute atomic E-state index is 10.8. The van der Waals surface area contributed by atoms with Crippen LogP contribution in [0, 0.1) is 10.1 Å². The van der Waals surface area contributed by atoms with Gasteiger partial charge in [-0.25, -0.2) is 4.98 Å². The maximum Gasteiger partial charge on any atom is 0.311 e. The molecule has 0 aliphatic heterocycles. The molecule has 1 aromatic heterocycles.